The third kappa shape index (κ3) is 15.2. The average Bonchev–Trinajstić information content (AvgIpc) is 2.29. The molecule has 0 rings (SSSR count). The van der Waals surface area contributed by atoms with E-state index in [2.05, 4.69) is 27.4 Å². The van der Waals surface area contributed by atoms with Crippen molar-refractivity contribution in [2.75, 3.05) is 0 Å². The summed E-state index contributed by atoms with van der Waals surface area (Å²) < 4.78 is 4.90. The fraction of sp³-hybridized carbons (Fsp3) is 0.786. The lowest BCUT2D eigenvalue weighted by Crippen LogP contribution is -2.27. The van der Waals surface area contributed by atoms with Gasteiger partial charge in [0.2, 0.25) is 0 Å². The molecular weight excluding hydrogens is 214 g/mol. The smallest absolute Gasteiger partial charge is 0.334 e. The molecule has 2 N–H and O–H groups in total. The molecule has 0 radical (unpaired) electrons. The van der Waals surface area contributed by atoms with Gasteiger partial charge in [0.05, 0.1) is 0 Å². The Bertz CT molecular complexity index is 200. The first-order valence-corrected chi connectivity index (χ1v) is 6.61. The number of carbonyl (C=O) groups is 1. The van der Waals surface area contributed by atoms with Crippen LogP contribution >= 0.6 is 0 Å². The summed E-state index contributed by atoms with van der Waals surface area (Å²) in [6.07, 6.45) is 6.16. The van der Waals surface area contributed by atoms with Gasteiger partial charge >= 0.3 is 5.97 Å². The summed E-state index contributed by atoms with van der Waals surface area (Å²) in [6, 6.07) is 0. The Morgan fingerprint density at radius 1 is 1.18 bits per heavy atom. The predicted octanol–water partition coefficient (Wildman–Crippen LogP) is 3.78. The molecule has 0 fully saturated rings. The zero-order valence-electron chi connectivity index (χ0n) is 11.9. The van der Waals surface area contributed by atoms with Crippen LogP contribution in [0.3, 0.4) is 0 Å². The van der Waals surface area contributed by atoms with E-state index < -0.39 is 12.2 Å². The highest BCUT2D eigenvalue weighted by Gasteiger charge is 2.09. The van der Waals surface area contributed by atoms with Crippen LogP contribution in [0.15, 0.2) is 12.2 Å². The number of nitrogens with two attached hydrogens (primary N) is 1. The van der Waals surface area contributed by atoms with E-state index in [9.17, 15) is 4.79 Å². The molecule has 0 heterocycles. The van der Waals surface area contributed by atoms with E-state index >= 15 is 0 Å². The molecule has 17 heavy (non-hydrogen) atoms. The zero-order valence-corrected chi connectivity index (χ0v) is 11.9. The summed E-state index contributed by atoms with van der Waals surface area (Å²) >= 11 is 0. The fourth-order valence-corrected chi connectivity index (χ4v) is 0.893. The summed E-state index contributed by atoms with van der Waals surface area (Å²) in [4.78, 5) is 11.0. The van der Waals surface area contributed by atoms with Gasteiger partial charge in [-0.25, -0.2) is 4.79 Å². The summed E-state index contributed by atoms with van der Waals surface area (Å²) in [6.45, 7) is 11.6. The monoisotopic (exact) mass is 243 g/mol. The van der Waals surface area contributed by atoms with Gasteiger partial charge in [0.15, 0.2) is 6.23 Å². The summed E-state index contributed by atoms with van der Waals surface area (Å²) in [5.74, 6) is -0.399. The lowest BCUT2D eigenvalue weighted by Gasteiger charge is -2.12. The molecule has 0 aliphatic rings. The van der Waals surface area contributed by atoms with Crippen LogP contribution in [0.25, 0.3) is 0 Å². The van der Waals surface area contributed by atoms with Crippen molar-refractivity contribution >= 4 is 5.97 Å². The Hall–Kier alpha value is -0.830. The number of rotatable bonds is 7. The summed E-state index contributed by atoms with van der Waals surface area (Å²) in [5.41, 5.74) is 5.96. The van der Waals surface area contributed by atoms with Gasteiger partial charge in [0.25, 0.3) is 0 Å². The maximum atomic E-state index is 11.0. The molecule has 3 heteroatoms. The van der Waals surface area contributed by atoms with Crippen molar-refractivity contribution in [2.45, 2.75) is 72.4 Å². The molecule has 0 amide bonds. The van der Waals surface area contributed by atoms with E-state index in [1.54, 1.807) is 6.92 Å². The molecule has 0 saturated heterocycles. The Kier molecular flexibility index (Phi) is 14.4. The molecule has 0 aromatic rings. The topological polar surface area (TPSA) is 52.3 Å². The molecule has 0 spiro atoms. The first kappa shape index (κ1) is 18.5. The van der Waals surface area contributed by atoms with Crippen LogP contribution in [0.4, 0.5) is 0 Å². The molecule has 0 aliphatic carbocycles. The van der Waals surface area contributed by atoms with E-state index in [0.717, 1.165) is 25.7 Å². The van der Waals surface area contributed by atoms with Crippen molar-refractivity contribution in [1.29, 1.82) is 0 Å². The molecule has 0 aromatic heterocycles. The van der Waals surface area contributed by atoms with Gasteiger partial charge in [-0.1, -0.05) is 53.0 Å². The number of carbonyl (C=O) groups excluding carboxylic acids is 1. The van der Waals surface area contributed by atoms with Crippen LogP contribution in [0.5, 0.6) is 0 Å². The standard InChI is InChI=1S/C10H19NO2.C4H10/c1-4-5-6-7-9(11)13-10(12)8(2)3;1-3-4-2/h9H,2,4-7,11H2,1,3H3;3-4H2,1-2H3. The van der Waals surface area contributed by atoms with Crippen molar-refractivity contribution in [2.24, 2.45) is 5.73 Å². The van der Waals surface area contributed by atoms with E-state index in [1.807, 2.05) is 0 Å². The van der Waals surface area contributed by atoms with Crippen LogP contribution in [-0.2, 0) is 9.53 Å². The van der Waals surface area contributed by atoms with Gasteiger partial charge in [0.1, 0.15) is 0 Å². The van der Waals surface area contributed by atoms with Gasteiger partial charge in [-0.15, -0.1) is 0 Å². The second-order valence-corrected chi connectivity index (χ2v) is 4.22. The number of hydrogen-bond acceptors (Lipinski definition) is 3. The number of esters is 1. The maximum Gasteiger partial charge on any atom is 0.334 e. The zero-order chi connectivity index (χ0) is 13.7. The number of unbranched alkanes of at least 4 members (excludes halogenated alkanes) is 3. The Morgan fingerprint density at radius 2 is 1.71 bits per heavy atom. The number of ether oxygens (including phenoxy) is 1. The molecule has 1 unspecified atom stereocenters. The molecule has 0 saturated carbocycles. The van der Waals surface area contributed by atoms with Crippen LogP contribution in [0, 0.1) is 0 Å². The van der Waals surface area contributed by atoms with Crippen molar-refractivity contribution < 1.29 is 9.53 Å². The lowest BCUT2D eigenvalue weighted by molar-refractivity contribution is -0.144. The fourth-order valence-electron chi connectivity index (χ4n) is 0.893. The molecular formula is C14H29NO2. The Labute approximate surface area is 106 Å². The van der Waals surface area contributed by atoms with Crippen LogP contribution in [0.1, 0.15) is 66.2 Å². The normalized spacial score (nSPS) is 11.1. The SMILES string of the molecule is C=C(C)C(=O)OC(N)CCCCC.CCCC. The highest BCUT2D eigenvalue weighted by Crippen LogP contribution is 2.04. The Balaban J connectivity index is 0. The minimum atomic E-state index is -0.476. The molecule has 0 bridgehead atoms. The minimum absolute atomic E-state index is 0.394. The molecule has 102 valence electrons. The Morgan fingerprint density at radius 3 is 2.06 bits per heavy atom. The van der Waals surface area contributed by atoms with Crippen molar-refractivity contribution in [3.63, 3.8) is 0 Å². The van der Waals surface area contributed by atoms with E-state index in [4.69, 9.17) is 10.5 Å². The van der Waals surface area contributed by atoms with Crippen LogP contribution < -0.4 is 5.73 Å². The molecule has 1 atom stereocenters. The second-order valence-electron chi connectivity index (χ2n) is 4.22. The highest BCUT2D eigenvalue weighted by atomic mass is 16.6. The van der Waals surface area contributed by atoms with E-state index in [-0.39, 0.29) is 0 Å². The van der Waals surface area contributed by atoms with Gasteiger partial charge in [-0.05, 0) is 19.8 Å². The third-order valence-electron chi connectivity index (χ3n) is 2.20. The first-order chi connectivity index (χ1) is 7.99. The second kappa shape index (κ2) is 13.2. The predicted molar refractivity (Wildman–Crippen MR) is 73.6 cm³/mol. The molecule has 0 aliphatic heterocycles. The van der Waals surface area contributed by atoms with Crippen LogP contribution in [-0.4, -0.2) is 12.2 Å². The summed E-state index contributed by atoms with van der Waals surface area (Å²) in [7, 11) is 0. The first-order valence-electron chi connectivity index (χ1n) is 6.61. The van der Waals surface area contributed by atoms with E-state index in [0.29, 0.717) is 5.57 Å². The third-order valence-corrected chi connectivity index (χ3v) is 2.20. The van der Waals surface area contributed by atoms with Crippen molar-refractivity contribution in [3.05, 3.63) is 12.2 Å². The summed E-state index contributed by atoms with van der Waals surface area (Å²) in [5, 5.41) is 0. The largest absolute Gasteiger partial charge is 0.443 e. The average molecular weight is 243 g/mol. The number of hydrogen-bond donors (Lipinski definition) is 1. The van der Waals surface area contributed by atoms with Crippen molar-refractivity contribution in [3.8, 4) is 0 Å². The maximum absolute atomic E-state index is 11.0. The quantitative estimate of drug-likeness (QED) is 0.320. The van der Waals surface area contributed by atoms with Gasteiger partial charge < -0.3 is 4.74 Å². The van der Waals surface area contributed by atoms with E-state index in [1.165, 1.54) is 12.8 Å². The minimum Gasteiger partial charge on any atom is -0.443 e. The lowest BCUT2D eigenvalue weighted by atomic mass is 10.2. The van der Waals surface area contributed by atoms with Gasteiger partial charge in [-0.3, -0.25) is 5.73 Å². The highest BCUT2D eigenvalue weighted by molar-refractivity contribution is 5.87. The molecule has 0 aromatic carbocycles. The van der Waals surface area contributed by atoms with Gasteiger partial charge in [-0.2, -0.15) is 0 Å². The van der Waals surface area contributed by atoms with Crippen LogP contribution in [0.2, 0.25) is 0 Å². The van der Waals surface area contributed by atoms with Gasteiger partial charge in [0, 0.05) is 5.57 Å². The van der Waals surface area contributed by atoms with Crippen molar-refractivity contribution in [1.82, 2.24) is 0 Å². The molecule has 3 nitrogen and oxygen atoms in total.